The second-order valence-electron chi connectivity index (χ2n) is 44.0. The largest absolute Gasteiger partial charge is 0.480 e. The molecule has 2 aliphatic heterocycles. The van der Waals surface area contributed by atoms with Crippen LogP contribution >= 0.6 is 0 Å². The maximum atomic E-state index is 14.0. The van der Waals surface area contributed by atoms with E-state index in [-0.39, 0.29) is 68.2 Å². The molecule has 2 fully saturated rings. The smallest absolute Gasteiger partial charge is 0.410 e. The Balaban J connectivity index is -0.000000571. The average Bonchev–Trinajstić information content (AvgIpc) is 1.57. The molecule has 43 nitrogen and oxygen atoms in total. The van der Waals surface area contributed by atoms with E-state index < -0.39 is 147 Å². The topological polar surface area (TPSA) is 531 Å². The number of carboxylic acid groups (broad SMARTS) is 1. The number of likely N-dealkylation sites (N-methyl/N-ethyl adjacent to an activating group) is 1. The fourth-order valence-electron chi connectivity index (χ4n) is 12.2. The van der Waals surface area contributed by atoms with E-state index in [1.165, 1.54) is 14.2 Å². The Morgan fingerprint density at radius 2 is 0.771 bits per heavy atom. The fourth-order valence-corrected chi connectivity index (χ4v) is 12.2. The van der Waals surface area contributed by atoms with Crippen molar-refractivity contribution in [3.63, 3.8) is 0 Å². The molecule has 2 saturated heterocycles. The van der Waals surface area contributed by atoms with Crippen LogP contribution in [0.15, 0.2) is 11.3 Å². The molecule has 2 unspecified atom stereocenters. The molecule has 144 heavy (non-hydrogen) atoms. The van der Waals surface area contributed by atoms with Gasteiger partial charge >= 0.3 is 60.8 Å². The van der Waals surface area contributed by atoms with Crippen LogP contribution in [0.1, 0.15) is 359 Å². The lowest BCUT2D eigenvalue weighted by Crippen LogP contribution is -2.53. The molecule has 0 spiro atoms. The predicted octanol–water partition coefficient (Wildman–Crippen LogP) is 18.6. The van der Waals surface area contributed by atoms with Gasteiger partial charge in [0.05, 0.1) is 31.4 Å². The highest BCUT2D eigenvalue weighted by Crippen LogP contribution is 2.28. The number of ether oxygens (including phenoxy) is 9. The number of azide groups is 1. The van der Waals surface area contributed by atoms with Gasteiger partial charge in [0.1, 0.15) is 86.6 Å². The number of nitrogens with zero attached hydrogens (tertiary/aromatic N) is 11. The van der Waals surface area contributed by atoms with Crippen molar-refractivity contribution < 1.29 is 120 Å². The molecule has 3 rings (SSSR count). The van der Waals surface area contributed by atoms with Crippen molar-refractivity contribution >= 4 is 84.8 Å². The van der Waals surface area contributed by atoms with Gasteiger partial charge in [0.25, 0.3) is 5.91 Å². The molecule has 12 atom stereocenters. The van der Waals surface area contributed by atoms with E-state index in [2.05, 4.69) is 63.5 Å². The number of unbranched alkanes of at least 4 members (excludes halogenated alkanes) is 2. The highest BCUT2D eigenvalue weighted by Gasteiger charge is 2.38. The number of amides is 12. The normalized spacial score (nSPS) is 15.3. The lowest BCUT2D eigenvalue weighted by atomic mass is 9.97. The lowest BCUT2D eigenvalue weighted by Gasteiger charge is -2.37. The number of piperazine rings is 2. The second kappa shape index (κ2) is 66.9. The zero-order valence-corrected chi connectivity index (χ0v) is 93.2. The Labute approximate surface area is 860 Å². The van der Waals surface area contributed by atoms with Crippen LogP contribution in [0.3, 0.4) is 0 Å². The minimum atomic E-state index is -1.04. The summed E-state index contributed by atoms with van der Waals surface area (Å²) >= 11 is 0. The fraction of sp³-hybridized carbons (Fsp3) is 0.822. The molecular weight excluding hydrogens is 1870 g/mol. The molecule has 1 aromatic rings. The van der Waals surface area contributed by atoms with Gasteiger partial charge < -0.3 is 109 Å². The molecule has 8 N–H and O–H groups in total. The van der Waals surface area contributed by atoms with Crippen molar-refractivity contribution in [2.45, 2.75) is 434 Å². The Morgan fingerprint density at radius 3 is 1.10 bits per heavy atom. The predicted molar refractivity (Wildman–Crippen MR) is 555 cm³/mol. The average molecular weight is 2060 g/mol. The monoisotopic (exact) mass is 2060 g/mol. The van der Waals surface area contributed by atoms with Crippen molar-refractivity contribution in [3.05, 3.63) is 22.3 Å². The number of aromatic nitrogens is 3. The third-order valence-corrected chi connectivity index (χ3v) is 20.5. The molecule has 3 heterocycles. The summed E-state index contributed by atoms with van der Waals surface area (Å²) in [5.41, 5.74) is 4.13. The Hall–Kier alpha value is -11.0. The molecule has 0 bridgehead atoms. The molecule has 0 aromatic carbocycles. The van der Waals surface area contributed by atoms with Crippen LogP contribution in [-0.4, -0.2) is 290 Å². The number of carboxylic acids is 1. The molecule has 1 aromatic heterocycles. The van der Waals surface area contributed by atoms with Gasteiger partial charge in [-0.2, -0.15) is 0 Å². The Bertz CT molecular complexity index is 4100. The van der Waals surface area contributed by atoms with Crippen LogP contribution in [0, 0.1) is 41.9 Å². The van der Waals surface area contributed by atoms with E-state index in [4.69, 9.17) is 64.5 Å². The quantitative estimate of drug-likeness (QED) is 0.00464. The summed E-state index contributed by atoms with van der Waals surface area (Å²) in [6.07, 6.45) is 10.4. The van der Waals surface area contributed by atoms with Gasteiger partial charge in [-0.3, -0.25) is 19.2 Å². The number of aldehydes is 1. The van der Waals surface area contributed by atoms with Crippen molar-refractivity contribution in [2.75, 3.05) is 79.6 Å². The van der Waals surface area contributed by atoms with E-state index in [1.54, 1.807) is 183 Å². The Morgan fingerprint density at radius 1 is 0.451 bits per heavy atom. The number of hydroxylamine groups is 2. The minimum absolute atomic E-state index is 0. The molecule has 2 aliphatic rings. The summed E-state index contributed by atoms with van der Waals surface area (Å²) in [6.45, 7) is 71.4. The van der Waals surface area contributed by atoms with Crippen LogP contribution in [0.5, 0.6) is 0 Å². The zero-order valence-electron chi connectivity index (χ0n) is 93.2. The first-order chi connectivity index (χ1) is 64.9. The number of terminal acetylenes is 1. The summed E-state index contributed by atoms with van der Waals surface area (Å²) in [5.74, 6) is 1.07. The standard InChI is InChI=1S/C32H57N7O7.C20H36N6O5.C13H26N2O4.C12H21NO2.C11H21NO4.C11H21NO3.2CH4/c1-12-22(2)25(34-28(42)45-31(6,7)8)23-21-39(36-35-23)24(15-13-14-16-33-27(41)44-30(3,4)5)26(40)37-17-19-38(20-18-37)29(43)46-32(9,10)11;1-19(2,3)30-17(28)22-10-8-7-9-15(23-24-21)16(27)25-11-13-26(14-12-25)18(29)31-20(4,5)6;1-8-9(2)10(11(16)15(6)18-7)14-12(17)19-13(3,4)5;1-7-9(3)10(8-2)13-11(14)15-12(4,5)6;1-6-7(2)8(9(13)14)12-10(15)16-11(3,4)5;1-6-8(2)9(7-13)12-10(14)15-11(3,4)5;;/h21-22,24-25H,12-20H2,1-11H3,(H,33,41)(H,34,42);15H,7-14H2,1-6H3,(H,22,28);9-10H,8H2,1-7H3,(H,14,17);2,9-10H,7H2,1,3-6H3,(H,13,14);7-8H,6H2,1-5H3,(H,12,15)(H,13,14);7-9H,6H2,1-5H3,(H,12,14);2*1H4/t22-,24?,25-;;9-,10-;9-,10+;7-,8-;8-,9+;;/m0.0000../s1. The van der Waals surface area contributed by atoms with Gasteiger partial charge in [-0.05, 0) is 254 Å². The Kier molecular flexibility index (Phi) is 65.7. The van der Waals surface area contributed by atoms with Gasteiger partial charge in [-0.1, -0.05) is 139 Å². The number of aliphatic carboxylic acids is 1. The number of rotatable bonds is 34. The minimum Gasteiger partial charge on any atom is -0.480 e. The van der Waals surface area contributed by atoms with Gasteiger partial charge in [0.2, 0.25) is 11.8 Å². The van der Waals surface area contributed by atoms with Crippen molar-refractivity contribution in [2.24, 2.45) is 34.7 Å². The molecule has 43 heteroatoms. The van der Waals surface area contributed by atoms with Gasteiger partial charge in [0, 0.05) is 77.4 Å². The summed E-state index contributed by atoms with van der Waals surface area (Å²) in [6, 6.07) is -4.24. The van der Waals surface area contributed by atoms with Crippen molar-refractivity contribution in [1.82, 2.24) is 76.9 Å². The van der Waals surface area contributed by atoms with Gasteiger partial charge in [0.15, 0.2) is 0 Å². The molecule has 834 valence electrons. The van der Waals surface area contributed by atoms with Crippen molar-refractivity contribution in [1.29, 1.82) is 0 Å². The number of hydrogen-bond donors (Lipinski definition) is 8. The molecule has 12 amide bonds. The van der Waals surface area contributed by atoms with E-state index in [1.807, 2.05) is 104 Å². The van der Waals surface area contributed by atoms with E-state index in [9.17, 15) is 67.1 Å². The third-order valence-electron chi connectivity index (χ3n) is 20.5. The highest BCUT2D eigenvalue weighted by atomic mass is 16.7. The van der Waals surface area contributed by atoms with E-state index in [0.717, 1.165) is 37.0 Å². The first-order valence-corrected chi connectivity index (χ1v) is 49.3. The van der Waals surface area contributed by atoms with Crippen LogP contribution < -0.4 is 37.2 Å². The first kappa shape index (κ1) is 141. The van der Waals surface area contributed by atoms with E-state index in [0.29, 0.717) is 116 Å². The SMILES string of the molecule is C.C.C#C[C@@H](NC(=O)OC(C)(C)C)[C@@H](C)CC.CC(C)(C)OC(=O)NCCCCC(N=[N+]=[N-])C(=O)N1CCN(C(=O)OC(C)(C)C)CC1.CC[C@H](C)[C@@H](C=O)NC(=O)OC(C)(C)C.CC[C@H](C)[C@H](NC(=O)OC(C)(C)C)C(=O)N(C)OC.CC[C@H](C)[C@H](NC(=O)OC(C)(C)C)C(=O)O.CC[C@H](C)[C@H](NC(=O)OC(C)(C)C)c1cn(C(CCCCNC(=O)OC(C)(C)C)C(=O)N2CCN(C(=O)OC(C)(C)C)CC2)nn1. The van der Waals surface area contributed by atoms with Crippen LogP contribution in [0.25, 0.3) is 10.4 Å². The number of alkyl carbamates (subject to hydrolysis) is 7. The third kappa shape index (κ3) is 66.8. The lowest BCUT2D eigenvalue weighted by molar-refractivity contribution is -0.172. The van der Waals surface area contributed by atoms with E-state index >= 15 is 0 Å². The highest BCUT2D eigenvalue weighted by molar-refractivity contribution is 5.86. The summed E-state index contributed by atoms with van der Waals surface area (Å²) in [5, 5.41) is 41.0. The first-order valence-electron chi connectivity index (χ1n) is 49.3. The number of nitrogens with one attached hydrogen (secondary N) is 7. The number of hydrogen-bond acceptors (Lipinski definition) is 27. The van der Waals surface area contributed by atoms with Gasteiger partial charge in [-0.25, -0.2) is 57.7 Å². The van der Waals surface area contributed by atoms with Crippen LogP contribution in [-0.2, 0) is 71.4 Å². The maximum Gasteiger partial charge on any atom is 0.410 e. The number of carbonyl (C=O) groups is 14. The van der Waals surface area contributed by atoms with Crippen LogP contribution in [0.2, 0.25) is 0 Å². The number of carbonyl (C=O) groups excluding carboxylic acids is 13. The van der Waals surface area contributed by atoms with Crippen molar-refractivity contribution in [3.8, 4) is 12.3 Å². The summed E-state index contributed by atoms with van der Waals surface area (Å²) in [7, 11) is 2.91. The van der Waals surface area contributed by atoms with Gasteiger partial charge in [-0.15, -0.1) is 11.5 Å². The summed E-state index contributed by atoms with van der Waals surface area (Å²) < 4.78 is 48.7. The van der Waals surface area contributed by atoms with Crippen LogP contribution in [0.4, 0.5) is 43.2 Å². The summed E-state index contributed by atoms with van der Waals surface area (Å²) in [4.78, 5) is 182. The molecular formula is C101H190N18O25. The zero-order chi connectivity index (χ0) is 111. The maximum absolute atomic E-state index is 14.0. The molecule has 0 saturated carbocycles. The second-order valence-corrected chi connectivity index (χ2v) is 44.0. The molecule has 0 radical (unpaired) electrons. The molecule has 0 aliphatic carbocycles.